The molecule has 8 nitrogen and oxygen atoms in total. The maximum Gasteiger partial charge on any atom is 0.335 e. The molecule has 0 spiro atoms. The second-order valence-corrected chi connectivity index (χ2v) is 8.00. The lowest BCUT2D eigenvalue weighted by molar-refractivity contribution is 0.256. The standard InChI is InChI=1S/C20H17ClN4O4S/c1-3-13-9-10-15(21)17(11-13)30(27,28)25-20(26)24-19-22-16(12-18(23-19)29-2)14-7-5-4-6-8-14/h3-12H,1H2,2H3,(H2,22,23,24,25,26). The predicted octanol–water partition coefficient (Wildman–Crippen LogP) is 3.96. The number of aromatic nitrogens is 2. The Morgan fingerprint density at radius 1 is 1.13 bits per heavy atom. The SMILES string of the molecule is C=Cc1ccc(Cl)c(S(=O)(=O)NC(=O)Nc2nc(OC)cc(-c3ccccc3)n2)c1. The van der Waals surface area contributed by atoms with Crippen LogP contribution in [0.3, 0.4) is 0 Å². The van der Waals surface area contributed by atoms with Gasteiger partial charge in [-0.2, -0.15) is 4.98 Å². The van der Waals surface area contributed by atoms with Crippen LogP contribution in [0.15, 0.2) is 66.1 Å². The van der Waals surface area contributed by atoms with Crippen LogP contribution in [0.4, 0.5) is 10.7 Å². The minimum atomic E-state index is -4.25. The summed E-state index contributed by atoms with van der Waals surface area (Å²) in [4.78, 5) is 20.3. The lowest BCUT2D eigenvalue weighted by Crippen LogP contribution is -2.35. The number of anilines is 1. The molecule has 1 aromatic heterocycles. The molecular formula is C20H17ClN4O4S. The summed E-state index contributed by atoms with van der Waals surface area (Å²) in [6.07, 6.45) is 1.46. The van der Waals surface area contributed by atoms with Crippen molar-refractivity contribution >= 4 is 39.7 Å². The maximum atomic E-state index is 12.6. The highest BCUT2D eigenvalue weighted by Crippen LogP contribution is 2.24. The smallest absolute Gasteiger partial charge is 0.335 e. The molecule has 0 bridgehead atoms. The van der Waals surface area contributed by atoms with Crippen LogP contribution in [0.1, 0.15) is 5.56 Å². The topological polar surface area (TPSA) is 110 Å². The van der Waals surface area contributed by atoms with Crippen LogP contribution in [0.2, 0.25) is 5.02 Å². The van der Waals surface area contributed by atoms with Gasteiger partial charge in [0.05, 0.1) is 17.8 Å². The van der Waals surface area contributed by atoms with Crippen LogP contribution in [0.25, 0.3) is 17.3 Å². The lowest BCUT2D eigenvalue weighted by atomic mass is 10.1. The van der Waals surface area contributed by atoms with Gasteiger partial charge in [0.15, 0.2) is 0 Å². The van der Waals surface area contributed by atoms with Crippen LogP contribution < -0.4 is 14.8 Å². The van der Waals surface area contributed by atoms with Gasteiger partial charge in [-0.05, 0) is 17.7 Å². The van der Waals surface area contributed by atoms with Crippen molar-refractivity contribution in [1.82, 2.24) is 14.7 Å². The van der Waals surface area contributed by atoms with Gasteiger partial charge in [0.1, 0.15) is 4.90 Å². The molecule has 2 amide bonds. The molecule has 0 fully saturated rings. The molecule has 10 heteroatoms. The first-order chi connectivity index (χ1) is 14.3. The Morgan fingerprint density at radius 2 is 1.87 bits per heavy atom. The van der Waals surface area contributed by atoms with E-state index in [1.54, 1.807) is 12.1 Å². The normalized spacial score (nSPS) is 10.9. The number of methoxy groups -OCH3 is 1. The molecule has 30 heavy (non-hydrogen) atoms. The highest BCUT2D eigenvalue weighted by Gasteiger charge is 2.22. The van der Waals surface area contributed by atoms with Crippen LogP contribution >= 0.6 is 11.6 Å². The number of nitrogens with one attached hydrogen (secondary N) is 2. The van der Waals surface area contributed by atoms with Gasteiger partial charge in [0.2, 0.25) is 11.8 Å². The Hall–Kier alpha value is -3.43. The number of amides is 2. The van der Waals surface area contributed by atoms with Crippen molar-refractivity contribution < 1.29 is 17.9 Å². The number of halogens is 1. The van der Waals surface area contributed by atoms with Gasteiger partial charge in [-0.3, -0.25) is 5.32 Å². The van der Waals surface area contributed by atoms with E-state index < -0.39 is 16.1 Å². The number of hydrogen-bond donors (Lipinski definition) is 2. The highest BCUT2D eigenvalue weighted by molar-refractivity contribution is 7.90. The van der Waals surface area contributed by atoms with Crippen LogP contribution in [0, 0.1) is 0 Å². The van der Waals surface area contributed by atoms with Crippen molar-refractivity contribution in [3.8, 4) is 17.1 Å². The van der Waals surface area contributed by atoms with Crippen LogP contribution in [-0.2, 0) is 10.0 Å². The molecular weight excluding hydrogens is 428 g/mol. The zero-order valence-electron chi connectivity index (χ0n) is 15.8. The average Bonchev–Trinajstić information content (AvgIpc) is 2.73. The Morgan fingerprint density at radius 3 is 2.53 bits per heavy atom. The first-order valence-electron chi connectivity index (χ1n) is 8.56. The zero-order chi connectivity index (χ0) is 21.7. The van der Waals surface area contributed by atoms with Crippen molar-refractivity contribution in [3.05, 3.63) is 71.8 Å². The van der Waals surface area contributed by atoms with E-state index in [-0.39, 0.29) is 21.7 Å². The van der Waals surface area contributed by atoms with Crippen molar-refractivity contribution in [2.24, 2.45) is 0 Å². The molecule has 3 rings (SSSR count). The fourth-order valence-corrected chi connectivity index (χ4v) is 3.94. The molecule has 3 aromatic rings. The second kappa shape index (κ2) is 8.93. The molecule has 0 aliphatic carbocycles. The van der Waals surface area contributed by atoms with Gasteiger partial charge in [-0.1, -0.05) is 60.7 Å². The first-order valence-corrected chi connectivity index (χ1v) is 10.4. The molecule has 2 aromatic carbocycles. The van der Waals surface area contributed by atoms with E-state index in [1.165, 1.54) is 25.3 Å². The molecule has 0 radical (unpaired) electrons. The monoisotopic (exact) mass is 444 g/mol. The summed E-state index contributed by atoms with van der Waals surface area (Å²) in [6, 6.07) is 14.0. The van der Waals surface area contributed by atoms with E-state index in [9.17, 15) is 13.2 Å². The number of urea groups is 1. The number of rotatable bonds is 6. The quantitative estimate of drug-likeness (QED) is 0.595. The summed E-state index contributed by atoms with van der Waals surface area (Å²) < 4.78 is 32.2. The maximum absolute atomic E-state index is 12.6. The number of hydrogen-bond acceptors (Lipinski definition) is 6. The number of carbonyl (C=O) groups is 1. The summed E-state index contributed by atoms with van der Waals surface area (Å²) in [7, 11) is -2.83. The van der Waals surface area contributed by atoms with Crippen molar-refractivity contribution in [3.63, 3.8) is 0 Å². The molecule has 2 N–H and O–H groups in total. The minimum absolute atomic E-state index is 0.0371. The van der Waals surface area contributed by atoms with Gasteiger partial charge < -0.3 is 4.74 Å². The summed E-state index contributed by atoms with van der Waals surface area (Å²) in [5.74, 6) is 0.0654. The number of carbonyl (C=O) groups excluding carboxylic acids is 1. The molecule has 0 aliphatic rings. The molecule has 1 heterocycles. The van der Waals surface area contributed by atoms with Gasteiger partial charge in [0, 0.05) is 11.6 Å². The van der Waals surface area contributed by atoms with E-state index in [2.05, 4.69) is 21.9 Å². The van der Waals surface area contributed by atoms with E-state index in [0.717, 1.165) is 5.56 Å². The van der Waals surface area contributed by atoms with Crippen molar-refractivity contribution in [1.29, 1.82) is 0 Å². The summed E-state index contributed by atoms with van der Waals surface area (Å²) in [5.41, 5.74) is 1.79. The Balaban J connectivity index is 1.85. The van der Waals surface area contributed by atoms with Gasteiger partial charge >= 0.3 is 6.03 Å². The molecule has 0 unspecified atom stereocenters. The largest absolute Gasteiger partial charge is 0.481 e. The Kier molecular flexibility index (Phi) is 6.34. The first kappa shape index (κ1) is 21.3. The van der Waals surface area contributed by atoms with E-state index in [4.69, 9.17) is 16.3 Å². The molecule has 0 saturated carbocycles. The molecule has 0 atom stereocenters. The summed E-state index contributed by atoms with van der Waals surface area (Å²) in [6.45, 7) is 3.58. The zero-order valence-corrected chi connectivity index (χ0v) is 17.4. The fourth-order valence-electron chi connectivity index (χ4n) is 2.50. The Bertz CT molecular complexity index is 1200. The molecule has 0 saturated heterocycles. The fraction of sp³-hybridized carbons (Fsp3) is 0.0500. The third-order valence-corrected chi connectivity index (χ3v) is 5.73. The second-order valence-electron chi connectivity index (χ2n) is 5.94. The van der Waals surface area contributed by atoms with Crippen LogP contribution in [-0.4, -0.2) is 31.5 Å². The number of ether oxygens (including phenoxy) is 1. The third-order valence-electron chi connectivity index (χ3n) is 3.91. The number of sulfonamides is 1. The van der Waals surface area contributed by atoms with E-state index >= 15 is 0 Å². The Labute approximate surface area is 178 Å². The number of nitrogens with zero attached hydrogens (tertiary/aromatic N) is 2. The average molecular weight is 445 g/mol. The van der Waals surface area contributed by atoms with Crippen molar-refractivity contribution in [2.45, 2.75) is 4.90 Å². The molecule has 0 aliphatic heterocycles. The highest BCUT2D eigenvalue weighted by atomic mass is 35.5. The molecule has 154 valence electrons. The van der Waals surface area contributed by atoms with Crippen molar-refractivity contribution in [2.75, 3.05) is 12.4 Å². The van der Waals surface area contributed by atoms with Gasteiger partial charge in [0.25, 0.3) is 10.0 Å². The van der Waals surface area contributed by atoms with Gasteiger partial charge in [-0.15, -0.1) is 0 Å². The van der Waals surface area contributed by atoms with Gasteiger partial charge in [-0.25, -0.2) is 22.9 Å². The predicted molar refractivity (Wildman–Crippen MR) is 115 cm³/mol. The summed E-state index contributed by atoms with van der Waals surface area (Å²) >= 11 is 5.98. The number of benzene rings is 2. The van der Waals surface area contributed by atoms with E-state index in [1.807, 2.05) is 35.1 Å². The third kappa shape index (κ3) is 4.94. The lowest BCUT2D eigenvalue weighted by Gasteiger charge is -2.11. The van der Waals surface area contributed by atoms with Crippen LogP contribution in [0.5, 0.6) is 5.88 Å². The minimum Gasteiger partial charge on any atom is -0.481 e. The van der Waals surface area contributed by atoms with E-state index in [0.29, 0.717) is 11.3 Å². The summed E-state index contributed by atoms with van der Waals surface area (Å²) in [5, 5.41) is 2.27.